The summed E-state index contributed by atoms with van der Waals surface area (Å²) in [5.74, 6) is -3.37. The molecular formula is C11H18N2O6. The smallest absolute Gasteiger partial charge is 0.332 e. The lowest BCUT2D eigenvalue weighted by molar-refractivity contribution is -0.151. The van der Waals surface area contributed by atoms with Gasteiger partial charge in [-0.3, -0.25) is 9.59 Å². The maximum absolute atomic E-state index is 12.0. The Balaban J connectivity index is 2.71. The van der Waals surface area contributed by atoms with E-state index < -0.39 is 35.8 Å². The molecule has 19 heavy (non-hydrogen) atoms. The van der Waals surface area contributed by atoms with Crippen LogP contribution in [0.5, 0.6) is 0 Å². The van der Waals surface area contributed by atoms with Gasteiger partial charge < -0.3 is 25.2 Å². The minimum atomic E-state index is -1.44. The molecule has 0 aliphatic carbocycles. The minimum Gasteiger partial charge on any atom is -0.481 e. The highest BCUT2D eigenvalue weighted by atomic mass is 16.5. The Hall–Kier alpha value is -1.67. The molecule has 8 heteroatoms. The number of carboxylic acid groups (broad SMARTS) is 1. The number of carbonyl (C=O) groups excluding carboxylic acids is 2. The van der Waals surface area contributed by atoms with Gasteiger partial charge in [-0.05, 0) is 6.92 Å². The maximum Gasteiger partial charge on any atom is 0.332 e. The fourth-order valence-electron chi connectivity index (χ4n) is 1.88. The van der Waals surface area contributed by atoms with E-state index in [1.165, 1.54) is 7.05 Å². The van der Waals surface area contributed by atoms with Gasteiger partial charge in [-0.25, -0.2) is 4.79 Å². The van der Waals surface area contributed by atoms with Crippen molar-refractivity contribution in [1.29, 1.82) is 0 Å². The van der Waals surface area contributed by atoms with E-state index >= 15 is 0 Å². The van der Waals surface area contributed by atoms with Gasteiger partial charge >= 0.3 is 11.9 Å². The second-order valence-electron chi connectivity index (χ2n) is 4.23. The Morgan fingerprint density at radius 1 is 1.47 bits per heavy atom. The summed E-state index contributed by atoms with van der Waals surface area (Å²) in [5, 5.41) is 9.01. The van der Waals surface area contributed by atoms with Crippen LogP contribution in [-0.2, 0) is 23.9 Å². The molecule has 3 N–H and O–H groups in total. The van der Waals surface area contributed by atoms with Crippen LogP contribution >= 0.6 is 0 Å². The fourth-order valence-corrected chi connectivity index (χ4v) is 1.88. The molecular weight excluding hydrogens is 256 g/mol. The average Bonchev–Trinajstić information content (AvgIpc) is 2.85. The van der Waals surface area contributed by atoms with Crippen molar-refractivity contribution in [3.8, 4) is 0 Å². The van der Waals surface area contributed by atoms with Crippen molar-refractivity contribution in [3.05, 3.63) is 0 Å². The molecule has 1 saturated heterocycles. The molecule has 1 aliphatic rings. The van der Waals surface area contributed by atoms with Gasteiger partial charge in [0.05, 0.1) is 25.9 Å². The first kappa shape index (κ1) is 15.4. The van der Waals surface area contributed by atoms with E-state index in [-0.39, 0.29) is 19.8 Å². The third kappa shape index (κ3) is 3.42. The predicted octanol–water partition coefficient (Wildman–Crippen LogP) is -1.57. The van der Waals surface area contributed by atoms with Crippen LogP contribution in [0.15, 0.2) is 0 Å². The summed E-state index contributed by atoms with van der Waals surface area (Å²) in [6.45, 7) is 1.86. The monoisotopic (exact) mass is 274 g/mol. The molecule has 3 atom stereocenters. The second kappa shape index (κ2) is 6.48. The topological polar surface area (TPSA) is 119 Å². The first-order valence-corrected chi connectivity index (χ1v) is 5.89. The molecule has 1 aliphatic heterocycles. The Labute approximate surface area is 110 Å². The van der Waals surface area contributed by atoms with Gasteiger partial charge in [-0.2, -0.15) is 0 Å². The lowest BCUT2D eigenvalue weighted by Gasteiger charge is -2.28. The summed E-state index contributed by atoms with van der Waals surface area (Å²) in [4.78, 5) is 35.5. The van der Waals surface area contributed by atoms with Crippen LogP contribution in [0.3, 0.4) is 0 Å². The number of ether oxygens (including phenoxy) is 2. The molecule has 8 nitrogen and oxygen atoms in total. The van der Waals surface area contributed by atoms with E-state index in [0.717, 1.165) is 4.90 Å². The van der Waals surface area contributed by atoms with Crippen LogP contribution in [-0.4, -0.2) is 66.8 Å². The molecule has 0 aromatic rings. The van der Waals surface area contributed by atoms with Crippen LogP contribution in [0, 0.1) is 5.92 Å². The first-order chi connectivity index (χ1) is 8.90. The summed E-state index contributed by atoms with van der Waals surface area (Å²) in [6, 6.07) is -2.08. The molecule has 1 fully saturated rings. The van der Waals surface area contributed by atoms with Crippen LogP contribution in [0.25, 0.3) is 0 Å². The predicted molar refractivity (Wildman–Crippen MR) is 63.1 cm³/mol. The van der Waals surface area contributed by atoms with Crippen LogP contribution in [0.2, 0.25) is 0 Å². The molecule has 0 aromatic heterocycles. The summed E-state index contributed by atoms with van der Waals surface area (Å²) in [5.41, 5.74) is 5.48. The molecule has 0 radical (unpaired) electrons. The number of nitrogens with two attached hydrogens (primary N) is 1. The number of hydrogen-bond acceptors (Lipinski definition) is 6. The lowest BCUT2D eigenvalue weighted by Crippen LogP contribution is -2.53. The normalized spacial score (nSPS) is 23.7. The zero-order valence-corrected chi connectivity index (χ0v) is 10.9. The number of amides is 1. The average molecular weight is 274 g/mol. The van der Waals surface area contributed by atoms with E-state index in [9.17, 15) is 14.4 Å². The summed E-state index contributed by atoms with van der Waals surface area (Å²) in [7, 11) is 1.40. The van der Waals surface area contributed by atoms with Crippen LogP contribution < -0.4 is 5.73 Å². The van der Waals surface area contributed by atoms with Crippen molar-refractivity contribution >= 4 is 17.8 Å². The second-order valence-corrected chi connectivity index (χ2v) is 4.23. The van der Waals surface area contributed by atoms with Crippen molar-refractivity contribution in [2.24, 2.45) is 11.7 Å². The zero-order chi connectivity index (χ0) is 14.6. The quantitative estimate of drug-likeness (QED) is 0.459. The van der Waals surface area contributed by atoms with Gasteiger partial charge in [-0.1, -0.05) is 0 Å². The molecule has 0 saturated carbocycles. The highest BCUT2D eigenvalue weighted by molar-refractivity contribution is 6.01. The Morgan fingerprint density at radius 2 is 2.11 bits per heavy atom. The van der Waals surface area contributed by atoms with Crippen molar-refractivity contribution in [3.63, 3.8) is 0 Å². The largest absolute Gasteiger partial charge is 0.481 e. The third-order valence-corrected chi connectivity index (χ3v) is 3.02. The van der Waals surface area contributed by atoms with E-state index in [0.29, 0.717) is 0 Å². The lowest BCUT2D eigenvalue weighted by atomic mass is 10.0. The Morgan fingerprint density at radius 3 is 2.63 bits per heavy atom. The molecule has 0 aromatic carbocycles. The summed E-state index contributed by atoms with van der Waals surface area (Å²) < 4.78 is 9.71. The highest BCUT2D eigenvalue weighted by Crippen LogP contribution is 2.19. The summed E-state index contributed by atoms with van der Waals surface area (Å²) >= 11 is 0. The number of carboxylic acids is 1. The molecule has 1 amide bonds. The van der Waals surface area contributed by atoms with Crippen molar-refractivity contribution < 1.29 is 29.0 Å². The zero-order valence-electron chi connectivity index (χ0n) is 10.9. The molecule has 1 rings (SSSR count). The van der Waals surface area contributed by atoms with Gasteiger partial charge in [-0.15, -0.1) is 0 Å². The van der Waals surface area contributed by atoms with Crippen LogP contribution in [0.4, 0.5) is 0 Å². The van der Waals surface area contributed by atoms with Gasteiger partial charge in [0.25, 0.3) is 5.91 Å². The standard InChI is InChI=1S/C11H18N2O6/c1-3-19-11(17)8(12)9(14)13(2)7-5-18-4-6(7)10(15)16/h6-8H,3-5,12H2,1-2H3,(H,15,16). The van der Waals surface area contributed by atoms with Gasteiger partial charge in [0.15, 0.2) is 6.04 Å². The van der Waals surface area contributed by atoms with E-state index in [2.05, 4.69) is 4.74 Å². The van der Waals surface area contributed by atoms with Crippen LogP contribution in [0.1, 0.15) is 6.92 Å². The number of likely N-dealkylation sites (N-methyl/N-ethyl adjacent to an activating group) is 1. The van der Waals surface area contributed by atoms with Crippen molar-refractivity contribution in [2.45, 2.75) is 19.0 Å². The number of carbonyl (C=O) groups is 3. The minimum absolute atomic E-state index is 0.0340. The van der Waals surface area contributed by atoms with Crippen molar-refractivity contribution in [1.82, 2.24) is 4.90 Å². The number of aliphatic carboxylic acids is 1. The van der Waals surface area contributed by atoms with E-state index in [4.69, 9.17) is 15.6 Å². The maximum atomic E-state index is 12.0. The van der Waals surface area contributed by atoms with Gasteiger partial charge in [0, 0.05) is 7.05 Å². The fraction of sp³-hybridized carbons (Fsp3) is 0.727. The highest BCUT2D eigenvalue weighted by Gasteiger charge is 2.40. The molecule has 0 bridgehead atoms. The third-order valence-electron chi connectivity index (χ3n) is 3.02. The SMILES string of the molecule is CCOC(=O)C(N)C(=O)N(C)C1COCC1C(=O)O. The molecule has 3 unspecified atom stereocenters. The van der Waals surface area contributed by atoms with E-state index in [1.54, 1.807) is 6.92 Å². The molecule has 1 heterocycles. The number of rotatable bonds is 5. The summed E-state index contributed by atoms with van der Waals surface area (Å²) in [6.07, 6.45) is 0. The Kier molecular flexibility index (Phi) is 5.25. The number of esters is 1. The Bertz CT molecular complexity index is 372. The van der Waals surface area contributed by atoms with E-state index in [1.807, 2.05) is 0 Å². The first-order valence-electron chi connectivity index (χ1n) is 5.89. The van der Waals surface area contributed by atoms with Crippen molar-refractivity contribution in [2.75, 3.05) is 26.9 Å². The number of nitrogens with zero attached hydrogens (tertiary/aromatic N) is 1. The van der Waals surface area contributed by atoms with Gasteiger partial charge in [0.2, 0.25) is 0 Å². The van der Waals surface area contributed by atoms with Gasteiger partial charge in [0.1, 0.15) is 5.92 Å². The molecule has 0 spiro atoms. The number of hydrogen-bond donors (Lipinski definition) is 2. The molecule has 108 valence electrons.